The van der Waals surface area contributed by atoms with Gasteiger partial charge < -0.3 is 14.6 Å². The van der Waals surface area contributed by atoms with Crippen LogP contribution in [-0.2, 0) is 0 Å². The van der Waals surface area contributed by atoms with Crippen molar-refractivity contribution in [2.45, 2.75) is 0 Å². The summed E-state index contributed by atoms with van der Waals surface area (Å²) < 4.78 is 10.7. The summed E-state index contributed by atoms with van der Waals surface area (Å²) in [5.41, 5.74) is 2.93. The zero-order valence-corrected chi connectivity index (χ0v) is 15.3. The summed E-state index contributed by atoms with van der Waals surface area (Å²) in [4.78, 5) is 16.6. The summed E-state index contributed by atoms with van der Waals surface area (Å²) >= 11 is 0. The quantitative estimate of drug-likeness (QED) is 0.547. The lowest BCUT2D eigenvalue weighted by atomic mass is 10.0. The lowest BCUT2D eigenvalue weighted by Crippen LogP contribution is -2.01. The first-order chi connectivity index (χ1) is 13.6. The van der Waals surface area contributed by atoms with E-state index in [2.05, 4.69) is 15.2 Å². The summed E-state index contributed by atoms with van der Waals surface area (Å²) in [6.45, 7) is 0. The number of benzene rings is 2. The third-order valence-corrected chi connectivity index (χ3v) is 4.50. The van der Waals surface area contributed by atoms with Crippen molar-refractivity contribution in [2.75, 3.05) is 14.2 Å². The molecule has 2 aromatic heterocycles. The highest BCUT2D eigenvalue weighted by Crippen LogP contribution is 2.36. The van der Waals surface area contributed by atoms with Gasteiger partial charge in [0.2, 0.25) is 0 Å². The maximum atomic E-state index is 12.0. The normalized spacial score (nSPS) is 10.8. The average molecular weight is 375 g/mol. The van der Waals surface area contributed by atoms with Gasteiger partial charge in [-0.2, -0.15) is 5.10 Å². The molecule has 0 amide bonds. The Kier molecular flexibility index (Phi) is 4.41. The van der Waals surface area contributed by atoms with Gasteiger partial charge >= 0.3 is 5.97 Å². The van der Waals surface area contributed by atoms with Crippen LogP contribution in [0.1, 0.15) is 10.4 Å². The fraction of sp³-hybridized carbons (Fsp3) is 0.0952. The Labute approximate surface area is 160 Å². The highest BCUT2D eigenvalue weighted by Gasteiger charge is 2.21. The molecule has 4 aromatic rings. The summed E-state index contributed by atoms with van der Waals surface area (Å²) in [5.74, 6) is 0.110. The van der Waals surface area contributed by atoms with Crippen LogP contribution in [0.4, 0.5) is 0 Å². The molecule has 0 spiro atoms. The highest BCUT2D eigenvalue weighted by molar-refractivity contribution is 6.08. The first-order valence-corrected chi connectivity index (χ1v) is 8.52. The molecule has 0 bridgehead atoms. The van der Waals surface area contributed by atoms with Gasteiger partial charge in [0.1, 0.15) is 11.5 Å². The van der Waals surface area contributed by atoms with Gasteiger partial charge in [0.25, 0.3) is 0 Å². The summed E-state index contributed by atoms with van der Waals surface area (Å²) in [5, 5.41) is 17.5. The standard InChI is InChI=1S/C21H17N3O4/c1-27-13-8-9-17(28-2)14(10-13)16-11-15(21(25)26)18-19(23-24-20(18)22-16)12-6-4-3-5-7-12/h3-11H,1-2H3,(H,25,26)(H,22,23,24). The Hall–Kier alpha value is -3.87. The van der Waals surface area contributed by atoms with Crippen molar-refractivity contribution < 1.29 is 19.4 Å². The molecule has 0 saturated carbocycles. The molecule has 2 heterocycles. The van der Waals surface area contributed by atoms with Gasteiger partial charge in [-0.3, -0.25) is 5.10 Å². The molecular weight excluding hydrogens is 358 g/mol. The summed E-state index contributed by atoms with van der Waals surface area (Å²) in [6, 6.07) is 16.2. The van der Waals surface area contributed by atoms with Gasteiger partial charge in [0, 0.05) is 11.1 Å². The van der Waals surface area contributed by atoms with E-state index in [1.54, 1.807) is 32.4 Å². The van der Waals surface area contributed by atoms with Gasteiger partial charge in [-0.1, -0.05) is 30.3 Å². The number of hydrogen-bond acceptors (Lipinski definition) is 5. The number of aromatic amines is 1. The van der Waals surface area contributed by atoms with Crippen LogP contribution in [-0.4, -0.2) is 40.5 Å². The first-order valence-electron chi connectivity index (χ1n) is 8.52. The number of pyridine rings is 1. The van der Waals surface area contributed by atoms with E-state index in [4.69, 9.17) is 9.47 Å². The Balaban J connectivity index is 1.98. The minimum Gasteiger partial charge on any atom is -0.497 e. The molecule has 0 saturated heterocycles. The molecule has 7 heteroatoms. The number of carbonyl (C=O) groups is 1. The number of H-pyrrole nitrogens is 1. The van der Waals surface area contributed by atoms with Crippen molar-refractivity contribution in [1.29, 1.82) is 0 Å². The predicted molar refractivity (Wildman–Crippen MR) is 105 cm³/mol. The topological polar surface area (TPSA) is 97.3 Å². The third-order valence-electron chi connectivity index (χ3n) is 4.50. The second-order valence-electron chi connectivity index (χ2n) is 6.09. The predicted octanol–water partition coefficient (Wildman–Crippen LogP) is 4.01. The van der Waals surface area contributed by atoms with Crippen LogP contribution >= 0.6 is 0 Å². The Morgan fingerprint density at radius 3 is 2.50 bits per heavy atom. The van der Waals surface area contributed by atoms with Crippen LogP contribution in [0.15, 0.2) is 54.6 Å². The number of nitrogens with zero attached hydrogens (tertiary/aromatic N) is 2. The van der Waals surface area contributed by atoms with E-state index in [-0.39, 0.29) is 5.56 Å². The number of ether oxygens (including phenoxy) is 2. The average Bonchev–Trinajstić information content (AvgIpc) is 3.17. The molecule has 0 aliphatic rings. The number of methoxy groups -OCH3 is 2. The molecule has 0 radical (unpaired) electrons. The van der Waals surface area contributed by atoms with Gasteiger partial charge in [-0.05, 0) is 24.3 Å². The van der Waals surface area contributed by atoms with E-state index in [1.165, 1.54) is 6.07 Å². The molecule has 0 atom stereocenters. The van der Waals surface area contributed by atoms with Crippen molar-refractivity contribution in [1.82, 2.24) is 15.2 Å². The van der Waals surface area contributed by atoms with Crippen LogP contribution in [0.5, 0.6) is 11.5 Å². The van der Waals surface area contributed by atoms with Crippen LogP contribution in [0.3, 0.4) is 0 Å². The molecular formula is C21H17N3O4. The molecule has 0 fully saturated rings. The lowest BCUT2D eigenvalue weighted by Gasteiger charge is -2.11. The summed E-state index contributed by atoms with van der Waals surface area (Å²) in [7, 11) is 3.11. The van der Waals surface area contributed by atoms with E-state index in [0.29, 0.717) is 39.5 Å². The molecule has 2 N–H and O–H groups in total. The van der Waals surface area contributed by atoms with E-state index in [9.17, 15) is 9.90 Å². The van der Waals surface area contributed by atoms with Crippen molar-refractivity contribution in [3.8, 4) is 34.0 Å². The fourth-order valence-electron chi connectivity index (χ4n) is 3.16. The van der Waals surface area contributed by atoms with Gasteiger partial charge in [0.15, 0.2) is 5.65 Å². The van der Waals surface area contributed by atoms with Crippen molar-refractivity contribution >= 4 is 17.0 Å². The van der Waals surface area contributed by atoms with Gasteiger partial charge in [-0.25, -0.2) is 9.78 Å². The third kappa shape index (κ3) is 2.92. The van der Waals surface area contributed by atoms with Gasteiger partial charge in [0.05, 0.1) is 36.6 Å². The number of aromatic carboxylic acids is 1. The number of hydrogen-bond donors (Lipinski definition) is 2. The minimum atomic E-state index is -1.06. The Morgan fingerprint density at radius 2 is 1.82 bits per heavy atom. The molecule has 0 aliphatic carbocycles. The summed E-state index contributed by atoms with van der Waals surface area (Å²) in [6.07, 6.45) is 0. The first kappa shape index (κ1) is 17.5. The highest BCUT2D eigenvalue weighted by atomic mass is 16.5. The number of carboxylic acid groups (broad SMARTS) is 1. The molecule has 7 nitrogen and oxygen atoms in total. The molecule has 2 aromatic carbocycles. The minimum absolute atomic E-state index is 0.109. The van der Waals surface area contributed by atoms with Crippen molar-refractivity contribution in [3.63, 3.8) is 0 Å². The Bertz CT molecular complexity index is 1170. The molecule has 140 valence electrons. The number of carboxylic acids is 1. The molecule has 4 rings (SSSR count). The van der Waals surface area contributed by atoms with E-state index in [0.717, 1.165) is 5.56 Å². The SMILES string of the molecule is COc1ccc(OC)c(-c2cc(C(=O)O)c3c(-c4ccccc4)[nH]nc3n2)c1. The molecule has 0 unspecified atom stereocenters. The number of nitrogens with one attached hydrogen (secondary N) is 1. The lowest BCUT2D eigenvalue weighted by molar-refractivity contribution is 0.0699. The number of fused-ring (bicyclic) bond motifs is 1. The molecule has 28 heavy (non-hydrogen) atoms. The second-order valence-corrected chi connectivity index (χ2v) is 6.09. The van der Waals surface area contributed by atoms with Crippen molar-refractivity contribution in [3.05, 3.63) is 60.2 Å². The van der Waals surface area contributed by atoms with Crippen molar-refractivity contribution in [2.24, 2.45) is 0 Å². The van der Waals surface area contributed by atoms with E-state index >= 15 is 0 Å². The van der Waals surface area contributed by atoms with Crippen LogP contribution in [0.2, 0.25) is 0 Å². The smallest absolute Gasteiger partial charge is 0.336 e. The second kappa shape index (κ2) is 7.03. The van der Waals surface area contributed by atoms with Crippen LogP contribution in [0, 0.1) is 0 Å². The van der Waals surface area contributed by atoms with E-state index < -0.39 is 5.97 Å². The zero-order valence-electron chi connectivity index (χ0n) is 15.3. The van der Waals surface area contributed by atoms with Gasteiger partial charge in [-0.15, -0.1) is 0 Å². The monoisotopic (exact) mass is 375 g/mol. The van der Waals surface area contributed by atoms with Crippen LogP contribution < -0.4 is 9.47 Å². The number of rotatable bonds is 5. The van der Waals surface area contributed by atoms with E-state index in [1.807, 2.05) is 30.3 Å². The maximum absolute atomic E-state index is 12.0. The maximum Gasteiger partial charge on any atom is 0.336 e. The molecule has 0 aliphatic heterocycles. The van der Waals surface area contributed by atoms with Crippen LogP contribution in [0.25, 0.3) is 33.5 Å². The largest absolute Gasteiger partial charge is 0.497 e. The fourth-order valence-corrected chi connectivity index (χ4v) is 3.16. The Morgan fingerprint density at radius 1 is 1.04 bits per heavy atom. The number of aromatic nitrogens is 3. The zero-order chi connectivity index (χ0) is 19.7.